The van der Waals surface area contributed by atoms with Crippen LogP contribution in [0.15, 0.2) is 42.5 Å². The number of benzene rings is 2. The van der Waals surface area contributed by atoms with Crippen molar-refractivity contribution in [2.24, 2.45) is 0 Å². The fourth-order valence-electron chi connectivity index (χ4n) is 2.13. The summed E-state index contributed by atoms with van der Waals surface area (Å²) in [6.45, 7) is 5.67. The third kappa shape index (κ3) is 3.80. The highest BCUT2D eigenvalue weighted by molar-refractivity contribution is 6.31. The summed E-state index contributed by atoms with van der Waals surface area (Å²) in [5, 5.41) is 3.49. The Hall–Kier alpha value is -2.00. The van der Waals surface area contributed by atoms with Crippen LogP contribution in [0.5, 0.6) is 5.75 Å². The van der Waals surface area contributed by atoms with Crippen molar-refractivity contribution >= 4 is 23.2 Å². The lowest BCUT2D eigenvalue weighted by atomic mass is 10.1. The standard InChI is InChI=1S/C18H20ClNO2/c1-4-14-8-5-6-11-17(14)22-13(3)18(21)20-16-10-7-9-15(19)12(16)2/h5-11,13H,4H2,1-3H3,(H,20,21)/t13-/m1/s1. The molecule has 0 aliphatic rings. The Bertz CT molecular complexity index is 670. The zero-order valence-electron chi connectivity index (χ0n) is 13.0. The summed E-state index contributed by atoms with van der Waals surface area (Å²) in [7, 11) is 0. The minimum Gasteiger partial charge on any atom is -0.481 e. The van der Waals surface area contributed by atoms with E-state index in [0.29, 0.717) is 10.7 Å². The van der Waals surface area contributed by atoms with Gasteiger partial charge in [-0.1, -0.05) is 42.8 Å². The van der Waals surface area contributed by atoms with Crippen LogP contribution in [0.1, 0.15) is 25.0 Å². The molecule has 0 saturated carbocycles. The summed E-state index contributed by atoms with van der Waals surface area (Å²) in [6, 6.07) is 13.2. The predicted molar refractivity (Wildman–Crippen MR) is 90.7 cm³/mol. The zero-order chi connectivity index (χ0) is 16.1. The van der Waals surface area contributed by atoms with Gasteiger partial charge in [0.25, 0.3) is 5.91 Å². The van der Waals surface area contributed by atoms with Crippen LogP contribution in [0.25, 0.3) is 0 Å². The molecule has 0 fully saturated rings. The van der Waals surface area contributed by atoms with Gasteiger partial charge in [0.05, 0.1) is 0 Å². The number of ether oxygens (including phenoxy) is 1. The molecular weight excluding hydrogens is 298 g/mol. The molecule has 0 aromatic heterocycles. The molecule has 0 unspecified atom stereocenters. The summed E-state index contributed by atoms with van der Waals surface area (Å²) < 4.78 is 5.80. The van der Waals surface area contributed by atoms with E-state index in [1.165, 1.54) is 0 Å². The summed E-state index contributed by atoms with van der Waals surface area (Å²) >= 11 is 6.06. The van der Waals surface area contributed by atoms with E-state index >= 15 is 0 Å². The largest absolute Gasteiger partial charge is 0.481 e. The summed E-state index contributed by atoms with van der Waals surface area (Å²) in [6.07, 6.45) is 0.267. The number of carbonyl (C=O) groups excluding carboxylic acids is 1. The Morgan fingerprint density at radius 1 is 1.23 bits per heavy atom. The molecule has 2 aromatic carbocycles. The first-order valence-electron chi connectivity index (χ1n) is 7.33. The van der Waals surface area contributed by atoms with E-state index < -0.39 is 6.10 Å². The third-order valence-corrected chi connectivity index (χ3v) is 3.96. The summed E-state index contributed by atoms with van der Waals surface area (Å²) in [4.78, 5) is 12.3. The average Bonchev–Trinajstić information content (AvgIpc) is 2.52. The normalized spacial score (nSPS) is 11.8. The minimum absolute atomic E-state index is 0.198. The van der Waals surface area contributed by atoms with E-state index in [9.17, 15) is 4.79 Å². The van der Waals surface area contributed by atoms with Gasteiger partial charge in [-0.3, -0.25) is 4.79 Å². The van der Waals surface area contributed by atoms with E-state index in [4.69, 9.17) is 16.3 Å². The van der Waals surface area contributed by atoms with Gasteiger partial charge < -0.3 is 10.1 Å². The van der Waals surface area contributed by atoms with Crippen molar-refractivity contribution in [1.82, 2.24) is 0 Å². The number of hydrogen-bond acceptors (Lipinski definition) is 2. The number of aryl methyl sites for hydroxylation is 1. The first-order valence-corrected chi connectivity index (χ1v) is 7.71. The number of rotatable bonds is 5. The predicted octanol–water partition coefficient (Wildman–Crippen LogP) is 4.62. The number of anilines is 1. The molecule has 4 heteroatoms. The quantitative estimate of drug-likeness (QED) is 0.874. The molecule has 0 aliphatic carbocycles. The van der Waals surface area contributed by atoms with E-state index in [-0.39, 0.29) is 5.91 Å². The first-order chi connectivity index (χ1) is 10.5. The number of hydrogen-bond donors (Lipinski definition) is 1. The van der Waals surface area contributed by atoms with Crippen molar-refractivity contribution in [3.05, 3.63) is 58.6 Å². The number of nitrogens with one attached hydrogen (secondary N) is 1. The first kappa shape index (κ1) is 16.4. The molecule has 22 heavy (non-hydrogen) atoms. The van der Waals surface area contributed by atoms with Crippen LogP contribution in [0.4, 0.5) is 5.69 Å². The Balaban J connectivity index is 2.08. The highest BCUT2D eigenvalue weighted by Crippen LogP contribution is 2.24. The monoisotopic (exact) mass is 317 g/mol. The van der Waals surface area contributed by atoms with Crippen molar-refractivity contribution in [2.75, 3.05) is 5.32 Å². The lowest BCUT2D eigenvalue weighted by Gasteiger charge is -2.17. The minimum atomic E-state index is -0.592. The van der Waals surface area contributed by atoms with Gasteiger partial charge in [0.2, 0.25) is 0 Å². The van der Waals surface area contributed by atoms with Gasteiger partial charge in [-0.2, -0.15) is 0 Å². The van der Waals surface area contributed by atoms with Gasteiger partial charge >= 0.3 is 0 Å². The number of amides is 1. The molecule has 1 atom stereocenters. The Kier molecular flexibility index (Phi) is 5.45. The van der Waals surface area contributed by atoms with Crippen LogP contribution in [0.2, 0.25) is 5.02 Å². The maximum atomic E-state index is 12.3. The molecule has 1 N–H and O–H groups in total. The van der Waals surface area contributed by atoms with Crippen LogP contribution in [-0.4, -0.2) is 12.0 Å². The molecular formula is C18H20ClNO2. The van der Waals surface area contributed by atoms with Crippen LogP contribution in [0.3, 0.4) is 0 Å². The summed E-state index contributed by atoms with van der Waals surface area (Å²) in [5.41, 5.74) is 2.64. The highest BCUT2D eigenvalue weighted by atomic mass is 35.5. The lowest BCUT2D eigenvalue weighted by Crippen LogP contribution is -2.30. The van der Waals surface area contributed by atoms with Crippen molar-refractivity contribution in [2.45, 2.75) is 33.3 Å². The van der Waals surface area contributed by atoms with Gasteiger partial charge in [-0.15, -0.1) is 0 Å². The molecule has 0 saturated heterocycles. The molecule has 2 aromatic rings. The van der Waals surface area contributed by atoms with Crippen molar-refractivity contribution < 1.29 is 9.53 Å². The van der Waals surface area contributed by atoms with Gasteiger partial charge in [-0.25, -0.2) is 0 Å². The second kappa shape index (κ2) is 7.32. The molecule has 2 rings (SSSR count). The van der Waals surface area contributed by atoms with Gasteiger partial charge in [0.1, 0.15) is 5.75 Å². The molecule has 0 heterocycles. The van der Waals surface area contributed by atoms with E-state index in [1.54, 1.807) is 13.0 Å². The van der Waals surface area contributed by atoms with Crippen molar-refractivity contribution in [1.29, 1.82) is 0 Å². The van der Waals surface area contributed by atoms with Gasteiger partial charge in [0.15, 0.2) is 6.10 Å². The van der Waals surface area contributed by atoms with Crippen LogP contribution >= 0.6 is 11.6 Å². The van der Waals surface area contributed by atoms with E-state index in [1.807, 2.05) is 43.3 Å². The number of para-hydroxylation sites is 1. The SMILES string of the molecule is CCc1ccccc1O[C@H](C)C(=O)Nc1cccc(Cl)c1C. The molecule has 0 aliphatic heterocycles. The smallest absolute Gasteiger partial charge is 0.265 e. The summed E-state index contributed by atoms with van der Waals surface area (Å²) in [5.74, 6) is 0.548. The maximum absolute atomic E-state index is 12.3. The molecule has 1 amide bonds. The Morgan fingerprint density at radius 3 is 2.68 bits per heavy atom. The molecule has 0 bridgehead atoms. The zero-order valence-corrected chi connectivity index (χ0v) is 13.8. The van der Waals surface area contributed by atoms with Crippen LogP contribution in [0, 0.1) is 6.92 Å². The van der Waals surface area contributed by atoms with Gasteiger partial charge in [0, 0.05) is 10.7 Å². The van der Waals surface area contributed by atoms with E-state index in [2.05, 4.69) is 12.2 Å². The molecule has 0 spiro atoms. The second-order valence-corrected chi connectivity index (χ2v) is 5.53. The van der Waals surface area contributed by atoms with Crippen LogP contribution < -0.4 is 10.1 Å². The van der Waals surface area contributed by atoms with Crippen molar-refractivity contribution in [3.8, 4) is 5.75 Å². The average molecular weight is 318 g/mol. The highest BCUT2D eigenvalue weighted by Gasteiger charge is 2.17. The van der Waals surface area contributed by atoms with Crippen LogP contribution in [-0.2, 0) is 11.2 Å². The molecule has 116 valence electrons. The van der Waals surface area contributed by atoms with Crippen molar-refractivity contribution in [3.63, 3.8) is 0 Å². The van der Waals surface area contributed by atoms with E-state index in [0.717, 1.165) is 23.3 Å². The number of carbonyl (C=O) groups is 1. The lowest BCUT2D eigenvalue weighted by molar-refractivity contribution is -0.122. The van der Waals surface area contributed by atoms with Gasteiger partial charge in [-0.05, 0) is 49.6 Å². The molecule has 0 radical (unpaired) electrons. The fourth-order valence-corrected chi connectivity index (χ4v) is 2.31. The number of halogens is 1. The second-order valence-electron chi connectivity index (χ2n) is 5.12. The maximum Gasteiger partial charge on any atom is 0.265 e. The Morgan fingerprint density at radius 2 is 1.95 bits per heavy atom. The Labute approximate surface area is 136 Å². The topological polar surface area (TPSA) is 38.3 Å². The molecule has 3 nitrogen and oxygen atoms in total. The third-order valence-electron chi connectivity index (χ3n) is 3.55. The fraction of sp³-hybridized carbons (Fsp3) is 0.278.